The van der Waals surface area contributed by atoms with E-state index in [-0.39, 0.29) is 43.7 Å². The third-order valence-corrected chi connectivity index (χ3v) is 4.39. The normalized spacial score (nSPS) is 13.8. The fourth-order valence-electron chi connectivity index (χ4n) is 2.58. The van der Waals surface area contributed by atoms with Gasteiger partial charge in [-0.3, -0.25) is 19.3 Å². The van der Waals surface area contributed by atoms with E-state index in [1.165, 1.54) is 4.90 Å². The average Bonchev–Trinajstić information content (AvgIpc) is 2.94. The van der Waals surface area contributed by atoms with Crippen LogP contribution in [0, 0.1) is 0 Å². The molecule has 134 valence electrons. The Morgan fingerprint density at radius 3 is 2.42 bits per heavy atom. The summed E-state index contributed by atoms with van der Waals surface area (Å²) in [5, 5.41) is 2.74. The topological polar surface area (TPSA) is 75.7 Å². The molecule has 0 unspecified atom stereocenters. The molecule has 0 radical (unpaired) electrons. The Labute approximate surface area is 159 Å². The molecule has 0 spiro atoms. The summed E-state index contributed by atoms with van der Waals surface area (Å²) in [5.74, 6) is 0.0431. The molecule has 1 N–H and O–H groups in total. The molecular formula is C19H17BrN2O4. The SMILES string of the molecule is O=C(COc1cccc(Br)c1)Nc1ccc(CN2C(=O)CCC2=O)cc1. The van der Waals surface area contributed by atoms with Crippen LogP contribution in [0.2, 0.25) is 0 Å². The van der Waals surface area contributed by atoms with Gasteiger partial charge in [-0.05, 0) is 35.9 Å². The minimum atomic E-state index is -0.275. The smallest absolute Gasteiger partial charge is 0.262 e. The third kappa shape index (κ3) is 4.70. The summed E-state index contributed by atoms with van der Waals surface area (Å²) in [7, 11) is 0. The predicted octanol–water partition coefficient (Wildman–Crippen LogP) is 3.12. The van der Waals surface area contributed by atoms with Gasteiger partial charge in [0.05, 0.1) is 6.54 Å². The van der Waals surface area contributed by atoms with E-state index in [1.54, 1.807) is 36.4 Å². The van der Waals surface area contributed by atoms with Gasteiger partial charge in [0.1, 0.15) is 5.75 Å². The predicted molar refractivity (Wildman–Crippen MR) is 99.5 cm³/mol. The molecule has 1 fully saturated rings. The molecule has 1 aliphatic heterocycles. The van der Waals surface area contributed by atoms with E-state index < -0.39 is 0 Å². The highest BCUT2D eigenvalue weighted by Gasteiger charge is 2.28. The maximum absolute atomic E-state index is 12.0. The zero-order valence-corrected chi connectivity index (χ0v) is 15.5. The summed E-state index contributed by atoms with van der Waals surface area (Å²) < 4.78 is 6.31. The number of anilines is 1. The van der Waals surface area contributed by atoms with Crippen molar-refractivity contribution in [2.75, 3.05) is 11.9 Å². The van der Waals surface area contributed by atoms with Gasteiger partial charge >= 0.3 is 0 Å². The highest BCUT2D eigenvalue weighted by atomic mass is 79.9. The van der Waals surface area contributed by atoms with Crippen molar-refractivity contribution in [2.45, 2.75) is 19.4 Å². The van der Waals surface area contributed by atoms with Crippen LogP contribution in [-0.4, -0.2) is 29.2 Å². The Kier molecular flexibility index (Phi) is 5.68. The number of carbonyl (C=O) groups excluding carboxylic acids is 3. The molecule has 0 aliphatic carbocycles. The summed E-state index contributed by atoms with van der Waals surface area (Å²) in [6, 6.07) is 14.3. The zero-order valence-electron chi connectivity index (χ0n) is 13.9. The average molecular weight is 417 g/mol. The van der Waals surface area contributed by atoms with Crippen molar-refractivity contribution in [1.82, 2.24) is 4.90 Å². The number of hydrogen-bond donors (Lipinski definition) is 1. The Morgan fingerprint density at radius 1 is 1.08 bits per heavy atom. The van der Waals surface area contributed by atoms with Crippen molar-refractivity contribution >= 4 is 39.3 Å². The molecule has 26 heavy (non-hydrogen) atoms. The van der Waals surface area contributed by atoms with Crippen LogP contribution in [0.5, 0.6) is 5.75 Å². The second-order valence-electron chi connectivity index (χ2n) is 5.86. The van der Waals surface area contributed by atoms with Crippen LogP contribution in [0.1, 0.15) is 18.4 Å². The van der Waals surface area contributed by atoms with E-state index in [2.05, 4.69) is 21.2 Å². The molecule has 6 nitrogen and oxygen atoms in total. The lowest BCUT2D eigenvalue weighted by Crippen LogP contribution is -2.28. The summed E-state index contributed by atoms with van der Waals surface area (Å²) in [5.41, 5.74) is 1.45. The van der Waals surface area contributed by atoms with Gasteiger partial charge in [0, 0.05) is 23.0 Å². The van der Waals surface area contributed by atoms with Crippen molar-refractivity contribution in [3.8, 4) is 5.75 Å². The number of hydrogen-bond acceptors (Lipinski definition) is 4. The number of nitrogens with zero attached hydrogens (tertiary/aromatic N) is 1. The lowest BCUT2D eigenvalue weighted by atomic mass is 10.2. The second kappa shape index (κ2) is 8.14. The number of ether oxygens (including phenoxy) is 1. The van der Waals surface area contributed by atoms with Gasteiger partial charge in [-0.15, -0.1) is 0 Å². The maximum Gasteiger partial charge on any atom is 0.262 e. The summed E-state index contributed by atoms with van der Waals surface area (Å²) in [4.78, 5) is 36.5. The number of imide groups is 1. The van der Waals surface area contributed by atoms with E-state index in [9.17, 15) is 14.4 Å². The molecule has 1 saturated heterocycles. The van der Waals surface area contributed by atoms with Crippen LogP contribution in [-0.2, 0) is 20.9 Å². The van der Waals surface area contributed by atoms with Gasteiger partial charge in [0.2, 0.25) is 11.8 Å². The standard InChI is InChI=1S/C19H17BrN2O4/c20-14-2-1-3-16(10-14)26-12-17(23)21-15-6-4-13(5-7-15)11-22-18(24)8-9-19(22)25/h1-7,10H,8-9,11-12H2,(H,21,23). The van der Waals surface area contributed by atoms with Crippen molar-refractivity contribution in [1.29, 1.82) is 0 Å². The van der Waals surface area contributed by atoms with Gasteiger partial charge in [0.25, 0.3) is 5.91 Å². The number of rotatable bonds is 6. The van der Waals surface area contributed by atoms with Gasteiger partial charge in [-0.25, -0.2) is 0 Å². The number of likely N-dealkylation sites (tertiary alicyclic amines) is 1. The van der Waals surface area contributed by atoms with Crippen LogP contribution in [0.25, 0.3) is 0 Å². The number of amides is 3. The highest BCUT2D eigenvalue weighted by molar-refractivity contribution is 9.10. The molecule has 3 amide bonds. The van der Waals surface area contributed by atoms with E-state index in [4.69, 9.17) is 4.74 Å². The lowest BCUT2D eigenvalue weighted by Gasteiger charge is -2.14. The van der Waals surface area contributed by atoms with Crippen LogP contribution in [0.15, 0.2) is 53.0 Å². The fourth-order valence-corrected chi connectivity index (χ4v) is 2.96. The fraction of sp³-hybridized carbons (Fsp3) is 0.211. The monoisotopic (exact) mass is 416 g/mol. The molecule has 0 aromatic heterocycles. The van der Waals surface area contributed by atoms with Gasteiger partial charge in [0.15, 0.2) is 6.61 Å². The minimum absolute atomic E-state index is 0.102. The minimum Gasteiger partial charge on any atom is -0.484 e. The second-order valence-corrected chi connectivity index (χ2v) is 6.78. The first-order valence-electron chi connectivity index (χ1n) is 8.11. The summed E-state index contributed by atoms with van der Waals surface area (Å²) in [6.45, 7) is 0.160. The van der Waals surface area contributed by atoms with Crippen molar-refractivity contribution in [2.24, 2.45) is 0 Å². The van der Waals surface area contributed by atoms with E-state index in [1.807, 2.05) is 12.1 Å². The highest BCUT2D eigenvalue weighted by Crippen LogP contribution is 2.19. The van der Waals surface area contributed by atoms with Crippen LogP contribution in [0.4, 0.5) is 5.69 Å². The number of carbonyl (C=O) groups is 3. The van der Waals surface area contributed by atoms with E-state index in [0.29, 0.717) is 11.4 Å². The van der Waals surface area contributed by atoms with Gasteiger partial charge in [-0.2, -0.15) is 0 Å². The Bertz CT molecular complexity index is 820. The lowest BCUT2D eigenvalue weighted by molar-refractivity contribution is -0.139. The molecule has 2 aromatic carbocycles. The molecule has 0 bridgehead atoms. The summed E-state index contributed by atoms with van der Waals surface area (Å²) >= 11 is 3.34. The molecule has 1 aliphatic rings. The molecule has 0 atom stereocenters. The van der Waals surface area contributed by atoms with Crippen molar-refractivity contribution < 1.29 is 19.1 Å². The van der Waals surface area contributed by atoms with E-state index >= 15 is 0 Å². The van der Waals surface area contributed by atoms with Crippen molar-refractivity contribution in [3.63, 3.8) is 0 Å². The Balaban J connectivity index is 1.51. The van der Waals surface area contributed by atoms with E-state index in [0.717, 1.165) is 10.0 Å². The molecule has 1 heterocycles. The molecule has 3 rings (SSSR count). The number of nitrogens with one attached hydrogen (secondary N) is 1. The third-order valence-electron chi connectivity index (χ3n) is 3.90. The quantitative estimate of drug-likeness (QED) is 0.733. The molecule has 2 aromatic rings. The van der Waals surface area contributed by atoms with Crippen LogP contribution < -0.4 is 10.1 Å². The van der Waals surface area contributed by atoms with Crippen molar-refractivity contribution in [3.05, 3.63) is 58.6 Å². The Morgan fingerprint density at radius 2 is 1.77 bits per heavy atom. The molecular weight excluding hydrogens is 400 g/mol. The summed E-state index contributed by atoms with van der Waals surface area (Å²) in [6.07, 6.45) is 0.565. The first-order valence-corrected chi connectivity index (χ1v) is 8.91. The Hall–Kier alpha value is -2.67. The molecule has 7 heteroatoms. The van der Waals surface area contributed by atoms with Gasteiger partial charge in [-0.1, -0.05) is 34.1 Å². The van der Waals surface area contributed by atoms with Crippen LogP contribution >= 0.6 is 15.9 Å². The number of halogens is 1. The molecule has 0 saturated carbocycles. The van der Waals surface area contributed by atoms with Crippen LogP contribution in [0.3, 0.4) is 0 Å². The first kappa shape index (κ1) is 18.1. The largest absolute Gasteiger partial charge is 0.484 e. The van der Waals surface area contributed by atoms with Gasteiger partial charge < -0.3 is 10.1 Å². The first-order chi connectivity index (χ1) is 12.5. The zero-order chi connectivity index (χ0) is 18.5. The maximum atomic E-state index is 12.0. The number of benzene rings is 2.